The zero-order valence-electron chi connectivity index (χ0n) is 20.7. The van der Waals surface area contributed by atoms with Gasteiger partial charge in [0.15, 0.2) is 0 Å². The number of rotatable bonds is 10. The first-order valence-corrected chi connectivity index (χ1v) is 12.5. The van der Waals surface area contributed by atoms with Crippen LogP contribution in [0.5, 0.6) is 0 Å². The smallest absolute Gasteiger partial charge is 0.395 e. The molecule has 0 fully saturated rings. The number of aliphatic hydroxyl groups is 1. The number of hydrogen-bond donors (Lipinski definition) is 3. The Hall–Kier alpha value is -3.44. The molecule has 0 radical (unpaired) electrons. The maximum Gasteiger partial charge on any atom is 0.417 e. The largest absolute Gasteiger partial charge is 0.417 e. The Labute approximate surface area is 233 Å². The molecule has 0 unspecified atom stereocenters. The zero-order chi connectivity index (χ0) is 28.6. The Balaban J connectivity index is 1.75. The van der Waals surface area contributed by atoms with Crippen molar-refractivity contribution in [2.24, 2.45) is 5.10 Å². The molecule has 0 aliphatic carbocycles. The predicted molar refractivity (Wildman–Crippen MR) is 145 cm³/mol. The summed E-state index contributed by atoms with van der Waals surface area (Å²) in [5.74, 6) is -1.21. The molecule has 0 aliphatic rings. The second-order valence-corrected chi connectivity index (χ2v) is 9.22. The van der Waals surface area contributed by atoms with Crippen molar-refractivity contribution >= 4 is 46.9 Å². The average molecular weight is 581 g/mol. The zero-order valence-corrected chi connectivity index (χ0v) is 22.2. The first-order valence-electron chi connectivity index (χ1n) is 11.7. The second-order valence-electron chi connectivity index (χ2n) is 8.37. The lowest BCUT2D eigenvalue weighted by atomic mass is 10.1. The summed E-state index contributed by atoms with van der Waals surface area (Å²) in [4.78, 5) is 27.8. The molecule has 0 atom stereocenters. The lowest BCUT2D eigenvalue weighted by molar-refractivity contribution is -0.137. The summed E-state index contributed by atoms with van der Waals surface area (Å²) in [7, 11) is 0. The van der Waals surface area contributed by atoms with E-state index in [1.807, 2.05) is 17.9 Å². The van der Waals surface area contributed by atoms with Crippen LogP contribution in [-0.2, 0) is 12.7 Å². The molecule has 206 valence electrons. The normalized spacial score (nSPS) is 11.7. The van der Waals surface area contributed by atoms with Crippen molar-refractivity contribution in [2.75, 3.05) is 25.0 Å². The van der Waals surface area contributed by atoms with E-state index in [0.717, 1.165) is 30.5 Å². The van der Waals surface area contributed by atoms with Crippen LogP contribution in [0.2, 0.25) is 10.0 Å². The topological polar surface area (TPSA) is 94.0 Å². The van der Waals surface area contributed by atoms with Crippen LogP contribution in [0.25, 0.3) is 0 Å². The van der Waals surface area contributed by atoms with Crippen molar-refractivity contribution in [1.29, 1.82) is 0 Å². The number of aliphatic hydroxyl groups excluding tert-OH is 1. The second kappa shape index (κ2) is 13.6. The van der Waals surface area contributed by atoms with Crippen LogP contribution in [0.1, 0.15) is 44.3 Å². The fourth-order valence-electron chi connectivity index (χ4n) is 3.63. The third-order valence-corrected chi connectivity index (χ3v) is 6.17. The van der Waals surface area contributed by atoms with Gasteiger partial charge in [-0.25, -0.2) is 5.43 Å². The molecule has 0 heterocycles. The van der Waals surface area contributed by atoms with E-state index in [9.17, 15) is 27.9 Å². The van der Waals surface area contributed by atoms with E-state index in [1.165, 1.54) is 24.3 Å². The van der Waals surface area contributed by atoms with E-state index in [0.29, 0.717) is 18.7 Å². The van der Waals surface area contributed by atoms with E-state index in [1.54, 1.807) is 18.2 Å². The van der Waals surface area contributed by atoms with Gasteiger partial charge in [0.1, 0.15) is 0 Å². The minimum absolute atomic E-state index is 0.00338. The lowest BCUT2D eigenvalue weighted by Crippen LogP contribution is -2.26. The molecule has 3 aromatic carbocycles. The first kappa shape index (κ1) is 30.1. The van der Waals surface area contributed by atoms with Gasteiger partial charge < -0.3 is 10.4 Å². The van der Waals surface area contributed by atoms with Crippen molar-refractivity contribution in [2.45, 2.75) is 19.6 Å². The number of hydrogen-bond acceptors (Lipinski definition) is 5. The predicted octanol–water partition coefficient (Wildman–Crippen LogP) is 5.84. The maximum absolute atomic E-state index is 13.1. The van der Waals surface area contributed by atoms with Crippen LogP contribution < -0.4 is 10.7 Å². The van der Waals surface area contributed by atoms with E-state index in [-0.39, 0.29) is 28.4 Å². The number of nitrogens with one attached hydrogen (secondary N) is 2. The monoisotopic (exact) mass is 580 g/mol. The minimum atomic E-state index is -4.65. The van der Waals surface area contributed by atoms with Gasteiger partial charge in [0.05, 0.1) is 34.7 Å². The Morgan fingerprint density at radius 3 is 2.51 bits per heavy atom. The molecule has 0 aromatic heterocycles. The van der Waals surface area contributed by atoms with Crippen LogP contribution in [-0.4, -0.2) is 47.7 Å². The van der Waals surface area contributed by atoms with E-state index >= 15 is 0 Å². The molecule has 0 bridgehead atoms. The Morgan fingerprint density at radius 2 is 1.82 bits per heavy atom. The lowest BCUT2D eigenvalue weighted by Gasteiger charge is -2.19. The summed E-state index contributed by atoms with van der Waals surface area (Å²) in [5, 5.41) is 15.4. The SMILES string of the molecule is CCN(CCO)Cc1cccc(C(=O)Nc2ccc(Cl)cc2C(=O)N/N=C\c2ccc(Cl)c(C(F)(F)F)c2)c1. The average Bonchev–Trinajstić information content (AvgIpc) is 2.89. The molecule has 0 saturated carbocycles. The Bertz CT molecular complexity index is 1370. The number of likely N-dealkylation sites (N-methyl/N-ethyl adjacent to an activating group) is 1. The quantitative estimate of drug-likeness (QED) is 0.207. The fraction of sp³-hybridized carbons (Fsp3) is 0.222. The third kappa shape index (κ3) is 8.52. The number of alkyl halides is 3. The van der Waals surface area contributed by atoms with E-state index in [2.05, 4.69) is 15.8 Å². The highest BCUT2D eigenvalue weighted by Crippen LogP contribution is 2.34. The highest BCUT2D eigenvalue weighted by atomic mass is 35.5. The van der Waals surface area contributed by atoms with Gasteiger partial charge in [0.2, 0.25) is 0 Å². The molecule has 0 saturated heterocycles. The molecule has 3 N–H and O–H groups in total. The summed E-state index contributed by atoms with van der Waals surface area (Å²) in [6.07, 6.45) is -3.61. The number of amides is 2. The van der Waals surface area contributed by atoms with E-state index in [4.69, 9.17) is 23.2 Å². The van der Waals surface area contributed by atoms with Crippen LogP contribution in [0.4, 0.5) is 18.9 Å². The van der Waals surface area contributed by atoms with Crippen molar-refractivity contribution in [1.82, 2.24) is 10.3 Å². The van der Waals surface area contributed by atoms with Gasteiger partial charge in [-0.1, -0.05) is 48.3 Å². The van der Waals surface area contributed by atoms with Crippen LogP contribution in [0, 0.1) is 0 Å². The number of carbonyl (C=O) groups excluding carboxylic acids is 2. The van der Waals surface area contributed by atoms with Gasteiger partial charge in [0.25, 0.3) is 11.8 Å². The van der Waals surface area contributed by atoms with Gasteiger partial charge in [-0.05, 0) is 60.1 Å². The summed E-state index contributed by atoms with van der Waals surface area (Å²) in [6.45, 7) is 3.76. The van der Waals surface area contributed by atoms with Gasteiger partial charge in [-0.3, -0.25) is 14.5 Å². The van der Waals surface area contributed by atoms with Crippen molar-refractivity contribution in [3.05, 3.63) is 98.5 Å². The van der Waals surface area contributed by atoms with Crippen molar-refractivity contribution < 1.29 is 27.9 Å². The molecular weight excluding hydrogens is 556 g/mol. The highest BCUT2D eigenvalue weighted by Gasteiger charge is 2.33. The number of anilines is 1. The molecule has 12 heteroatoms. The van der Waals surface area contributed by atoms with Gasteiger partial charge >= 0.3 is 6.18 Å². The highest BCUT2D eigenvalue weighted by molar-refractivity contribution is 6.31. The Kier molecular flexibility index (Phi) is 10.5. The molecule has 0 spiro atoms. The molecule has 3 aromatic rings. The maximum atomic E-state index is 13.1. The Morgan fingerprint density at radius 1 is 1.05 bits per heavy atom. The first-order chi connectivity index (χ1) is 18.5. The van der Waals surface area contributed by atoms with Gasteiger partial charge in [-0.15, -0.1) is 0 Å². The van der Waals surface area contributed by atoms with Crippen LogP contribution in [0.15, 0.2) is 65.8 Å². The molecule has 39 heavy (non-hydrogen) atoms. The number of carbonyl (C=O) groups is 2. The summed E-state index contributed by atoms with van der Waals surface area (Å²) in [6, 6.07) is 14.4. The molecule has 0 aliphatic heterocycles. The molecule has 7 nitrogen and oxygen atoms in total. The number of benzene rings is 3. The summed E-state index contributed by atoms with van der Waals surface area (Å²) in [5.41, 5.74) is 2.65. The van der Waals surface area contributed by atoms with Crippen LogP contribution >= 0.6 is 23.2 Å². The van der Waals surface area contributed by atoms with Gasteiger partial charge in [-0.2, -0.15) is 18.3 Å². The fourth-order valence-corrected chi connectivity index (χ4v) is 4.03. The molecular formula is C27H25Cl2F3N4O3. The van der Waals surface area contributed by atoms with Gasteiger partial charge in [0, 0.05) is 23.7 Å². The molecule has 2 amide bonds. The van der Waals surface area contributed by atoms with Crippen molar-refractivity contribution in [3.8, 4) is 0 Å². The standard InChI is InChI=1S/C27H25Cl2F3N4O3/c1-2-36(10-11-37)16-18-4-3-5-19(12-18)25(38)34-24-9-7-20(28)14-21(24)26(39)35-33-15-17-6-8-23(29)22(13-17)27(30,31)32/h3-9,12-15,37H,2,10-11,16H2,1H3,(H,34,38)(H,35,39)/b33-15-. The summed E-state index contributed by atoms with van der Waals surface area (Å²) >= 11 is 11.7. The van der Waals surface area contributed by atoms with Crippen molar-refractivity contribution in [3.63, 3.8) is 0 Å². The number of hydrazone groups is 1. The molecule has 3 rings (SSSR count). The number of halogens is 5. The van der Waals surface area contributed by atoms with Crippen LogP contribution in [0.3, 0.4) is 0 Å². The van der Waals surface area contributed by atoms with E-state index < -0.39 is 28.6 Å². The third-order valence-electron chi connectivity index (χ3n) is 5.61. The minimum Gasteiger partial charge on any atom is -0.395 e. The summed E-state index contributed by atoms with van der Waals surface area (Å²) < 4.78 is 39.2. The number of nitrogens with zero attached hydrogens (tertiary/aromatic N) is 2.